The average molecular weight is 450 g/mol. The van der Waals surface area contributed by atoms with E-state index in [2.05, 4.69) is 23.8 Å². The van der Waals surface area contributed by atoms with Crippen molar-refractivity contribution < 1.29 is 28.7 Å². The number of ether oxygens (including phenoxy) is 2. The van der Waals surface area contributed by atoms with Crippen molar-refractivity contribution in [1.29, 1.82) is 0 Å². The highest BCUT2D eigenvalue weighted by molar-refractivity contribution is 5.96. The molecule has 1 aliphatic carbocycles. The van der Waals surface area contributed by atoms with E-state index in [4.69, 9.17) is 9.47 Å². The first-order valence-corrected chi connectivity index (χ1v) is 10.9. The molecule has 1 saturated heterocycles. The van der Waals surface area contributed by atoms with Gasteiger partial charge in [-0.05, 0) is 38.5 Å². The van der Waals surface area contributed by atoms with Gasteiger partial charge in [0, 0.05) is 12.5 Å². The number of carbonyl (C=O) groups excluding carboxylic acids is 4. The van der Waals surface area contributed by atoms with Crippen LogP contribution in [0.5, 0.6) is 0 Å². The molecule has 9 heteroatoms. The average Bonchev–Trinajstić information content (AvgIpc) is 3.17. The Morgan fingerprint density at radius 2 is 1.94 bits per heavy atom. The molecule has 1 heterocycles. The Morgan fingerprint density at radius 1 is 1.28 bits per heavy atom. The van der Waals surface area contributed by atoms with Crippen LogP contribution in [0.4, 0.5) is 4.79 Å². The molecule has 2 fully saturated rings. The number of nitrogens with one attached hydrogen (secondary N) is 2. The summed E-state index contributed by atoms with van der Waals surface area (Å²) in [5.74, 6) is -1.30. The second kappa shape index (κ2) is 9.75. The van der Waals surface area contributed by atoms with E-state index in [9.17, 15) is 19.2 Å². The monoisotopic (exact) mass is 449 g/mol. The van der Waals surface area contributed by atoms with Crippen molar-refractivity contribution in [2.45, 2.75) is 71.5 Å². The van der Waals surface area contributed by atoms with Crippen molar-refractivity contribution in [2.75, 3.05) is 13.2 Å². The molecule has 2 rings (SSSR count). The number of allylic oxidation sites excluding steroid dienone is 1. The van der Waals surface area contributed by atoms with E-state index < -0.39 is 41.0 Å². The highest BCUT2D eigenvalue weighted by Gasteiger charge is 2.61. The summed E-state index contributed by atoms with van der Waals surface area (Å²) in [5.41, 5.74) is -1.76. The van der Waals surface area contributed by atoms with E-state index in [0.29, 0.717) is 25.8 Å². The molecule has 2 aliphatic rings. The predicted molar refractivity (Wildman–Crippen MR) is 118 cm³/mol. The molecule has 32 heavy (non-hydrogen) atoms. The van der Waals surface area contributed by atoms with Crippen LogP contribution in [0.1, 0.15) is 53.9 Å². The van der Waals surface area contributed by atoms with E-state index in [-0.39, 0.29) is 24.2 Å². The fourth-order valence-electron chi connectivity index (χ4n) is 3.99. The molecular formula is C23H35N3O6. The quantitative estimate of drug-likeness (QED) is 0.334. The van der Waals surface area contributed by atoms with E-state index in [1.54, 1.807) is 13.0 Å². The van der Waals surface area contributed by atoms with Gasteiger partial charge >= 0.3 is 12.1 Å². The summed E-state index contributed by atoms with van der Waals surface area (Å²) < 4.78 is 10.1. The molecule has 178 valence electrons. The van der Waals surface area contributed by atoms with E-state index in [1.165, 1.54) is 11.8 Å². The molecule has 0 bridgehead atoms. The second-order valence-electron chi connectivity index (χ2n) is 9.45. The number of esters is 1. The molecule has 9 nitrogen and oxygen atoms in total. The Labute approximate surface area is 189 Å². The molecular weight excluding hydrogens is 414 g/mol. The zero-order valence-corrected chi connectivity index (χ0v) is 19.7. The van der Waals surface area contributed by atoms with Gasteiger partial charge in [-0.2, -0.15) is 0 Å². The number of carbonyl (C=O) groups is 4. The van der Waals surface area contributed by atoms with Gasteiger partial charge in [0.15, 0.2) is 0 Å². The SMILES string of the molecule is C=C[C@@H]1C[C@]1(NC(=O)C1CCCN1C(=O)[C@@H](NC(=O)OC(=C)C)C(C)(C)C)C(=O)OCC. The first kappa shape index (κ1) is 25.4. The molecule has 0 radical (unpaired) electrons. The number of hydrogen-bond donors (Lipinski definition) is 2. The van der Waals surface area contributed by atoms with Crippen LogP contribution in [-0.4, -0.2) is 59.6 Å². The van der Waals surface area contributed by atoms with Crippen LogP contribution in [0, 0.1) is 11.3 Å². The Morgan fingerprint density at radius 3 is 2.44 bits per heavy atom. The Kier molecular flexibility index (Phi) is 7.74. The van der Waals surface area contributed by atoms with Crippen LogP contribution >= 0.6 is 0 Å². The molecule has 0 aromatic rings. The van der Waals surface area contributed by atoms with Crippen LogP contribution in [0.3, 0.4) is 0 Å². The molecule has 3 amide bonds. The molecule has 4 atom stereocenters. The maximum Gasteiger partial charge on any atom is 0.412 e. The highest BCUT2D eigenvalue weighted by atomic mass is 16.6. The van der Waals surface area contributed by atoms with Crippen LogP contribution in [0.2, 0.25) is 0 Å². The maximum atomic E-state index is 13.4. The van der Waals surface area contributed by atoms with Gasteiger partial charge in [0.2, 0.25) is 11.8 Å². The highest BCUT2D eigenvalue weighted by Crippen LogP contribution is 2.45. The number of hydrogen-bond acceptors (Lipinski definition) is 6. The number of nitrogens with zero attached hydrogens (tertiary/aromatic N) is 1. The molecule has 0 aromatic heterocycles. The van der Waals surface area contributed by atoms with Gasteiger partial charge in [0.1, 0.15) is 17.6 Å². The lowest BCUT2D eigenvalue weighted by molar-refractivity contribution is -0.150. The third-order valence-electron chi connectivity index (χ3n) is 5.77. The number of rotatable bonds is 8. The minimum Gasteiger partial charge on any atom is -0.464 e. The van der Waals surface area contributed by atoms with Gasteiger partial charge in [-0.15, -0.1) is 6.58 Å². The molecule has 1 aliphatic heterocycles. The predicted octanol–water partition coefficient (Wildman–Crippen LogP) is 2.28. The standard InChI is InChI=1S/C23H35N3O6/c1-8-15-13-23(15,20(29)31-9-2)25-18(27)16-11-10-12-26(16)19(28)17(22(5,6)7)24-21(30)32-14(3)4/h8,15-17H,1,3,9-13H2,2,4-7H3,(H,24,30)(H,25,27)/t15-,16?,17-,23-/m1/s1. The fraction of sp³-hybridized carbons (Fsp3) is 0.652. The van der Waals surface area contributed by atoms with Crippen LogP contribution in [-0.2, 0) is 23.9 Å². The summed E-state index contributed by atoms with van der Waals surface area (Å²) in [6.07, 6.45) is 2.36. The zero-order chi connectivity index (χ0) is 24.3. The third kappa shape index (κ3) is 5.49. The summed E-state index contributed by atoms with van der Waals surface area (Å²) in [6.45, 7) is 16.5. The van der Waals surface area contributed by atoms with Crippen LogP contribution in [0.15, 0.2) is 25.0 Å². The third-order valence-corrected chi connectivity index (χ3v) is 5.77. The summed E-state index contributed by atoms with van der Waals surface area (Å²) in [7, 11) is 0. The van der Waals surface area contributed by atoms with Crippen molar-refractivity contribution in [2.24, 2.45) is 11.3 Å². The summed E-state index contributed by atoms with van der Waals surface area (Å²) in [6, 6.07) is -1.66. The molecule has 0 spiro atoms. The van der Waals surface area contributed by atoms with E-state index in [0.717, 1.165) is 0 Å². The largest absolute Gasteiger partial charge is 0.464 e. The minimum absolute atomic E-state index is 0.200. The minimum atomic E-state index is -1.13. The molecule has 0 aromatic carbocycles. The summed E-state index contributed by atoms with van der Waals surface area (Å²) >= 11 is 0. The molecule has 2 N–H and O–H groups in total. The fourth-order valence-corrected chi connectivity index (χ4v) is 3.99. The van der Waals surface area contributed by atoms with Gasteiger partial charge < -0.3 is 25.0 Å². The Hall–Kier alpha value is -2.84. The van der Waals surface area contributed by atoms with Crippen molar-refractivity contribution in [3.8, 4) is 0 Å². The number of alkyl carbamates (subject to hydrolysis) is 1. The molecule has 1 saturated carbocycles. The maximum absolute atomic E-state index is 13.4. The first-order valence-electron chi connectivity index (χ1n) is 10.9. The van der Waals surface area contributed by atoms with Crippen molar-refractivity contribution >= 4 is 23.9 Å². The number of amides is 3. The zero-order valence-electron chi connectivity index (χ0n) is 19.7. The lowest BCUT2D eigenvalue weighted by atomic mass is 9.85. The lowest BCUT2D eigenvalue weighted by Gasteiger charge is -2.35. The van der Waals surface area contributed by atoms with Crippen molar-refractivity contribution in [3.63, 3.8) is 0 Å². The topological polar surface area (TPSA) is 114 Å². The van der Waals surface area contributed by atoms with Gasteiger partial charge in [-0.25, -0.2) is 9.59 Å². The van der Waals surface area contributed by atoms with E-state index in [1.807, 2.05) is 20.8 Å². The first-order chi connectivity index (χ1) is 14.9. The summed E-state index contributed by atoms with van der Waals surface area (Å²) in [4.78, 5) is 52.7. The lowest BCUT2D eigenvalue weighted by Crippen LogP contribution is -2.59. The van der Waals surface area contributed by atoms with Gasteiger partial charge in [-0.3, -0.25) is 9.59 Å². The van der Waals surface area contributed by atoms with Crippen molar-refractivity contribution in [3.05, 3.63) is 25.0 Å². The second-order valence-corrected chi connectivity index (χ2v) is 9.45. The van der Waals surface area contributed by atoms with Gasteiger partial charge in [0.05, 0.1) is 12.4 Å². The van der Waals surface area contributed by atoms with Gasteiger partial charge in [0.25, 0.3) is 0 Å². The summed E-state index contributed by atoms with van der Waals surface area (Å²) in [5, 5.41) is 5.43. The van der Waals surface area contributed by atoms with Crippen LogP contribution in [0.25, 0.3) is 0 Å². The number of likely N-dealkylation sites (tertiary alicyclic amines) is 1. The Balaban J connectivity index is 2.18. The van der Waals surface area contributed by atoms with Gasteiger partial charge in [-0.1, -0.05) is 33.4 Å². The smallest absolute Gasteiger partial charge is 0.412 e. The Bertz CT molecular complexity index is 802. The molecule has 1 unspecified atom stereocenters. The van der Waals surface area contributed by atoms with E-state index >= 15 is 0 Å². The van der Waals surface area contributed by atoms with Crippen LogP contribution < -0.4 is 10.6 Å². The van der Waals surface area contributed by atoms with Crippen molar-refractivity contribution in [1.82, 2.24) is 15.5 Å². The normalized spacial score (nSPS) is 25.3.